The number of nitrogens with one attached hydrogen (secondary N) is 1. The first kappa shape index (κ1) is 12.7. The molecule has 0 aromatic heterocycles. The first-order valence-corrected chi connectivity index (χ1v) is 6.01. The van der Waals surface area contributed by atoms with Crippen LogP contribution in [0.15, 0.2) is 23.1 Å². The third kappa shape index (κ3) is 3.59. The van der Waals surface area contributed by atoms with E-state index in [1.165, 1.54) is 11.8 Å². The molecule has 2 nitrogen and oxygen atoms in total. The minimum Gasteiger partial charge on any atom is -0.358 e. The number of thioether (sulfide) groups is 1. The summed E-state index contributed by atoms with van der Waals surface area (Å²) in [6, 6.07) is 5.20. The average molecular weight is 264 g/mol. The molecule has 1 amide bonds. The summed E-state index contributed by atoms with van der Waals surface area (Å²) in [4.78, 5) is 12.1. The molecule has 1 atom stereocenters. The maximum atomic E-state index is 11.3. The highest BCUT2D eigenvalue weighted by Gasteiger charge is 2.14. The smallest absolute Gasteiger partial charge is 0.232 e. The molecule has 1 N–H and O–H groups in total. The lowest BCUT2D eigenvalue weighted by Gasteiger charge is -2.10. The summed E-state index contributed by atoms with van der Waals surface area (Å²) in [5, 5.41) is 3.62. The van der Waals surface area contributed by atoms with Gasteiger partial charge in [-0.15, -0.1) is 11.8 Å². The topological polar surface area (TPSA) is 29.1 Å². The van der Waals surface area contributed by atoms with Crippen LogP contribution in [0.25, 0.3) is 0 Å². The Morgan fingerprint density at radius 3 is 2.73 bits per heavy atom. The van der Waals surface area contributed by atoms with Crippen molar-refractivity contribution in [1.82, 2.24) is 5.32 Å². The van der Waals surface area contributed by atoms with Gasteiger partial charge in [-0.3, -0.25) is 4.79 Å². The minimum absolute atomic E-state index is 0.0314. The molecule has 82 valence electrons. The number of hydrogen-bond acceptors (Lipinski definition) is 2. The van der Waals surface area contributed by atoms with Crippen molar-refractivity contribution in [3.63, 3.8) is 0 Å². The summed E-state index contributed by atoms with van der Waals surface area (Å²) < 4.78 is 0. The van der Waals surface area contributed by atoms with E-state index in [1.807, 2.05) is 6.92 Å². The number of benzene rings is 1. The Kier molecular flexibility index (Phi) is 4.77. The van der Waals surface area contributed by atoms with Gasteiger partial charge in [0.15, 0.2) is 0 Å². The molecule has 0 bridgehead atoms. The number of rotatable bonds is 3. The SMILES string of the molecule is CNC(=O)C(C)Sc1cc(Cl)ccc1Cl. The Hall–Kier alpha value is -0.380. The van der Waals surface area contributed by atoms with Gasteiger partial charge >= 0.3 is 0 Å². The van der Waals surface area contributed by atoms with Gasteiger partial charge < -0.3 is 5.32 Å². The molecule has 0 heterocycles. The van der Waals surface area contributed by atoms with Crippen LogP contribution in [0, 0.1) is 0 Å². The van der Waals surface area contributed by atoms with Gasteiger partial charge in [0, 0.05) is 17.0 Å². The lowest BCUT2D eigenvalue weighted by molar-refractivity contribution is -0.119. The van der Waals surface area contributed by atoms with Crippen molar-refractivity contribution >= 4 is 40.9 Å². The van der Waals surface area contributed by atoms with Gasteiger partial charge in [0.05, 0.1) is 10.3 Å². The van der Waals surface area contributed by atoms with Crippen LogP contribution in [0.1, 0.15) is 6.92 Å². The van der Waals surface area contributed by atoms with Crippen LogP contribution in [0.2, 0.25) is 10.0 Å². The predicted molar refractivity (Wildman–Crippen MR) is 65.8 cm³/mol. The van der Waals surface area contributed by atoms with E-state index in [1.54, 1.807) is 25.2 Å². The molecule has 1 unspecified atom stereocenters. The molecule has 0 radical (unpaired) electrons. The number of amides is 1. The zero-order valence-electron chi connectivity index (χ0n) is 8.38. The third-order valence-corrected chi connectivity index (χ3v) is 3.65. The van der Waals surface area contributed by atoms with Crippen LogP contribution in [-0.4, -0.2) is 18.2 Å². The first-order valence-electron chi connectivity index (χ1n) is 4.38. The molecule has 1 rings (SSSR count). The lowest BCUT2D eigenvalue weighted by Crippen LogP contribution is -2.27. The maximum Gasteiger partial charge on any atom is 0.232 e. The second-order valence-electron chi connectivity index (χ2n) is 2.95. The zero-order chi connectivity index (χ0) is 11.4. The Morgan fingerprint density at radius 1 is 1.47 bits per heavy atom. The van der Waals surface area contributed by atoms with Crippen molar-refractivity contribution in [3.05, 3.63) is 28.2 Å². The Balaban J connectivity index is 2.80. The standard InChI is InChI=1S/C10H11Cl2NOS/c1-6(10(14)13-2)15-9-5-7(11)3-4-8(9)12/h3-6H,1-2H3,(H,13,14). The summed E-state index contributed by atoms with van der Waals surface area (Å²) in [5.74, 6) is -0.0314. The quantitative estimate of drug-likeness (QED) is 0.849. The number of hydrogen-bond donors (Lipinski definition) is 1. The van der Waals surface area contributed by atoms with Crippen LogP contribution in [-0.2, 0) is 4.79 Å². The molecule has 1 aromatic rings. The number of halogens is 2. The van der Waals surface area contributed by atoms with Gasteiger partial charge in [-0.2, -0.15) is 0 Å². The normalized spacial score (nSPS) is 12.3. The average Bonchev–Trinajstić information content (AvgIpc) is 2.22. The molecule has 15 heavy (non-hydrogen) atoms. The van der Waals surface area contributed by atoms with Crippen molar-refractivity contribution < 1.29 is 4.79 Å². The number of carbonyl (C=O) groups excluding carboxylic acids is 1. The highest BCUT2D eigenvalue weighted by atomic mass is 35.5. The Labute approximate surface area is 103 Å². The van der Waals surface area contributed by atoms with Crippen LogP contribution in [0.5, 0.6) is 0 Å². The molecule has 5 heteroatoms. The largest absolute Gasteiger partial charge is 0.358 e. The molecule has 1 aromatic carbocycles. The molecule has 0 fully saturated rings. The molecule has 0 aliphatic rings. The van der Waals surface area contributed by atoms with Crippen molar-refractivity contribution in [2.24, 2.45) is 0 Å². The molecule has 0 saturated heterocycles. The first-order chi connectivity index (χ1) is 7.04. The fraction of sp³-hybridized carbons (Fsp3) is 0.300. The zero-order valence-corrected chi connectivity index (χ0v) is 10.7. The van der Waals surface area contributed by atoms with Gasteiger partial charge in [-0.1, -0.05) is 23.2 Å². The summed E-state index contributed by atoms with van der Waals surface area (Å²) in [6.45, 7) is 1.82. The second kappa shape index (κ2) is 5.64. The summed E-state index contributed by atoms with van der Waals surface area (Å²) in [6.07, 6.45) is 0. The van der Waals surface area contributed by atoms with Crippen LogP contribution < -0.4 is 5.32 Å². The van der Waals surface area contributed by atoms with Crippen molar-refractivity contribution in [3.8, 4) is 0 Å². The maximum absolute atomic E-state index is 11.3. The van der Waals surface area contributed by atoms with E-state index >= 15 is 0 Å². The van der Waals surface area contributed by atoms with Gasteiger partial charge in [-0.05, 0) is 25.1 Å². The summed E-state index contributed by atoms with van der Waals surface area (Å²) >= 11 is 13.2. The highest BCUT2D eigenvalue weighted by Crippen LogP contribution is 2.32. The van der Waals surface area contributed by atoms with Crippen LogP contribution in [0.3, 0.4) is 0 Å². The fourth-order valence-corrected chi connectivity index (χ4v) is 2.48. The molecule has 0 aliphatic heterocycles. The monoisotopic (exact) mass is 263 g/mol. The molecule has 0 spiro atoms. The van der Waals surface area contributed by atoms with E-state index < -0.39 is 0 Å². The molecule has 0 aliphatic carbocycles. The van der Waals surface area contributed by atoms with Crippen LogP contribution in [0.4, 0.5) is 0 Å². The van der Waals surface area contributed by atoms with Gasteiger partial charge in [0.2, 0.25) is 5.91 Å². The van der Waals surface area contributed by atoms with Crippen molar-refractivity contribution in [1.29, 1.82) is 0 Å². The molecule has 0 saturated carbocycles. The third-order valence-electron chi connectivity index (χ3n) is 1.81. The van der Waals surface area contributed by atoms with E-state index in [0.717, 1.165) is 4.90 Å². The Morgan fingerprint density at radius 2 is 2.13 bits per heavy atom. The van der Waals surface area contributed by atoms with Crippen molar-refractivity contribution in [2.75, 3.05) is 7.05 Å². The van der Waals surface area contributed by atoms with Gasteiger partial charge in [0.1, 0.15) is 0 Å². The predicted octanol–water partition coefficient (Wildman–Crippen LogP) is 3.22. The van der Waals surface area contributed by atoms with Crippen molar-refractivity contribution in [2.45, 2.75) is 17.1 Å². The highest BCUT2D eigenvalue weighted by molar-refractivity contribution is 8.00. The fourth-order valence-electron chi connectivity index (χ4n) is 1.01. The second-order valence-corrected chi connectivity index (χ2v) is 5.18. The summed E-state index contributed by atoms with van der Waals surface area (Å²) in [5.41, 5.74) is 0. The van der Waals surface area contributed by atoms with Gasteiger partial charge in [-0.25, -0.2) is 0 Å². The van der Waals surface area contributed by atoms with E-state index in [9.17, 15) is 4.79 Å². The van der Waals surface area contributed by atoms with E-state index in [4.69, 9.17) is 23.2 Å². The molecular weight excluding hydrogens is 253 g/mol. The molecular formula is C10H11Cl2NOS. The minimum atomic E-state index is -0.189. The lowest BCUT2D eigenvalue weighted by atomic mass is 10.4. The van der Waals surface area contributed by atoms with E-state index in [-0.39, 0.29) is 11.2 Å². The Bertz CT molecular complexity index is 370. The number of carbonyl (C=O) groups is 1. The van der Waals surface area contributed by atoms with E-state index in [0.29, 0.717) is 10.0 Å². The van der Waals surface area contributed by atoms with E-state index in [2.05, 4.69) is 5.32 Å². The van der Waals surface area contributed by atoms with Crippen LogP contribution >= 0.6 is 35.0 Å². The summed E-state index contributed by atoms with van der Waals surface area (Å²) in [7, 11) is 1.61. The van der Waals surface area contributed by atoms with Gasteiger partial charge in [0.25, 0.3) is 0 Å².